The minimum Gasteiger partial charge on any atom is -0.344 e. The fourth-order valence-corrected chi connectivity index (χ4v) is 3.66. The van der Waals surface area contributed by atoms with Crippen LogP contribution in [0.2, 0.25) is 0 Å². The lowest BCUT2D eigenvalue weighted by molar-refractivity contribution is 0.238. The van der Waals surface area contributed by atoms with Gasteiger partial charge >= 0.3 is 0 Å². The molecule has 2 aliphatic rings. The van der Waals surface area contributed by atoms with Gasteiger partial charge in [0.15, 0.2) is 0 Å². The van der Waals surface area contributed by atoms with Gasteiger partial charge in [-0.2, -0.15) is 0 Å². The maximum Gasteiger partial charge on any atom is 0.124 e. The number of H-pyrrole nitrogens is 1. The lowest BCUT2D eigenvalue weighted by Gasteiger charge is -2.22. The Morgan fingerprint density at radius 3 is 3.00 bits per heavy atom. The average Bonchev–Trinajstić information content (AvgIpc) is 3.14. The first kappa shape index (κ1) is 13.0. The number of nitrogens with one attached hydrogen (secondary N) is 1. The van der Waals surface area contributed by atoms with Gasteiger partial charge in [0.2, 0.25) is 0 Å². The molecule has 1 N–H and O–H groups in total. The molecule has 0 radical (unpaired) electrons. The van der Waals surface area contributed by atoms with Crippen molar-refractivity contribution < 1.29 is 0 Å². The first-order chi connectivity index (χ1) is 10.4. The van der Waals surface area contributed by atoms with E-state index in [2.05, 4.69) is 27.0 Å². The number of rotatable bonds is 3. The maximum absolute atomic E-state index is 4.91. The Labute approximate surface area is 125 Å². The van der Waals surface area contributed by atoms with Gasteiger partial charge in [0.25, 0.3) is 0 Å². The van der Waals surface area contributed by atoms with Gasteiger partial charge in [0, 0.05) is 18.4 Å². The van der Waals surface area contributed by atoms with E-state index in [1.807, 2.05) is 12.3 Å². The van der Waals surface area contributed by atoms with Crippen LogP contribution in [0, 0.1) is 0 Å². The van der Waals surface area contributed by atoms with Crippen LogP contribution in [0.3, 0.4) is 0 Å². The normalized spacial score (nSPS) is 22.4. The molecule has 0 spiro atoms. The highest BCUT2D eigenvalue weighted by atomic mass is 15.2. The van der Waals surface area contributed by atoms with Crippen LogP contribution in [0.5, 0.6) is 0 Å². The minimum atomic E-state index is 0.442. The lowest BCUT2D eigenvalue weighted by atomic mass is 10.0. The van der Waals surface area contributed by atoms with Crippen LogP contribution >= 0.6 is 0 Å². The number of hydrogen-bond acceptors (Lipinski definition) is 3. The van der Waals surface area contributed by atoms with Gasteiger partial charge in [0.05, 0.1) is 17.4 Å². The molecule has 21 heavy (non-hydrogen) atoms. The molecule has 1 aliphatic heterocycles. The van der Waals surface area contributed by atoms with Gasteiger partial charge < -0.3 is 4.98 Å². The Morgan fingerprint density at radius 1 is 1.19 bits per heavy atom. The average molecular weight is 282 g/mol. The summed E-state index contributed by atoms with van der Waals surface area (Å²) in [6.07, 6.45) is 9.26. The molecule has 0 aromatic carbocycles. The summed E-state index contributed by atoms with van der Waals surface area (Å²) in [5.41, 5.74) is 3.86. The molecule has 110 valence electrons. The zero-order valence-electron chi connectivity index (χ0n) is 12.4. The van der Waals surface area contributed by atoms with Gasteiger partial charge in [-0.3, -0.25) is 9.88 Å². The van der Waals surface area contributed by atoms with Gasteiger partial charge in [-0.1, -0.05) is 6.07 Å². The smallest absolute Gasteiger partial charge is 0.124 e. The zero-order valence-corrected chi connectivity index (χ0v) is 12.4. The molecule has 0 unspecified atom stereocenters. The third kappa shape index (κ3) is 2.60. The number of hydrogen-bond donors (Lipinski definition) is 1. The molecular formula is C17H22N4. The molecule has 4 rings (SSSR count). The fraction of sp³-hybridized carbons (Fsp3) is 0.529. The number of aromatic nitrogens is 3. The Kier molecular flexibility index (Phi) is 3.47. The quantitative estimate of drug-likeness (QED) is 0.941. The molecule has 0 saturated carbocycles. The van der Waals surface area contributed by atoms with E-state index in [1.54, 1.807) is 0 Å². The van der Waals surface area contributed by atoms with Gasteiger partial charge in [-0.15, -0.1) is 0 Å². The highest BCUT2D eigenvalue weighted by Crippen LogP contribution is 2.33. The zero-order chi connectivity index (χ0) is 14.1. The maximum atomic E-state index is 4.91. The summed E-state index contributed by atoms with van der Waals surface area (Å²) in [5, 5.41) is 0. The predicted octanol–water partition coefficient (Wildman–Crippen LogP) is 3.02. The Hall–Kier alpha value is -1.68. The molecule has 2 aromatic rings. The lowest BCUT2D eigenvalue weighted by Crippen LogP contribution is -2.24. The third-order valence-electron chi connectivity index (χ3n) is 4.74. The van der Waals surface area contributed by atoms with Crippen molar-refractivity contribution in [2.45, 2.75) is 51.1 Å². The monoisotopic (exact) mass is 282 g/mol. The Balaban J connectivity index is 1.54. The topological polar surface area (TPSA) is 44.8 Å². The predicted molar refractivity (Wildman–Crippen MR) is 81.9 cm³/mol. The van der Waals surface area contributed by atoms with Crippen molar-refractivity contribution in [2.24, 2.45) is 0 Å². The number of fused-ring (bicyclic) bond motifs is 1. The van der Waals surface area contributed by atoms with E-state index in [9.17, 15) is 0 Å². The number of aromatic amines is 1. The number of aryl methyl sites for hydroxylation is 2. The summed E-state index contributed by atoms with van der Waals surface area (Å²) in [7, 11) is 0. The van der Waals surface area contributed by atoms with Crippen molar-refractivity contribution in [3.05, 3.63) is 47.3 Å². The molecule has 1 aliphatic carbocycles. The van der Waals surface area contributed by atoms with Crippen molar-refractivity contribution in [3.63, 3.8) is 0 Å². The summed E-state index contributed by atoms with van der Waals surface area (Å²) < 4.78 is 0. The van der Waals surface area contributed by atoms with Crippen LogP contribution in [0.1, 0.15) is 54.6 Å². The highest BCUT2D eigenvalue weighted by molar-refractivity contribution is 5.20. The number of imidazole rings is 1. The summed E-state index contributed by atoms with van der Waals surface area (Å²) in [6, 6.07) is 6.60. The van der Waals surface area contributed by atoms with E-state index in [4.69, 9.17) is 4.98 Å². The largest absolute Gasteiger partial charge is 0.344 e. The van der Waals surface area contributed by atoms with E-state index in [-0.39, 0.29) is 0 Å². The van der Waals surface area contributed by atoms with Crippen molar-refractivity contribution in [1.82, 2.24) is 19.9 Å². The van der Waals surface area contributed by atoms with Crippen LogP contribution in [-0.4, -0.2) is 26.4 Å². The van der Waals surface area contributed by atoms with Crippen molar-refractivity contribution in [3.8, 4) is 0 Å². The molecule has 0 amide bonds. The number of pyridine rings is 1. The van der Waals surface area contributed by atoms with E-state index >= 15 is 0 Å². The van der Waals surface area contributed by atoms with Crippen LogP contribution in [-0.2, 0) is 19.4 Å². The van der Waals surface area contributed by atoms with Crippen LogP contribution in [0.4, 0.5) is 0 Å². The number of nitrogens with zero attached hydrogens (tertiary/aromatic N) is 3. The van der Waals surface area contributed by atoms with E-state index in [0.717, 1.165) is 25.2 Å². The van der Waals surface area contributed by atoms with E-state index in [0.29, 0.717) is 6.04 Å². The first-order valence-corrected chi connectivity index (χ1v) is 8.12. The molecule has 2 aromatic heterocycles. The summed E-state index contributed by atoms with van der Waals surface area (Å²) in [6.45, 7) is 2.07. The second kappa shape index (κ2) is 5.60. The van der Waals surface area contributed by atoms with Crippen molar-refractivity contribution in [1.29, 1.82) is 0 Å². The SMILES string of the molecule is c1ccc(CN2CCC[C@H]2c2nc3c([nH]2)CCCC3)nc1. The standard InChI is InChI=1S/C17H22N4/c1-2-8-15-14(7-1)19-17(20-15)16-9-5-11-21(16)12-13-6-3-4-10-18-13/h3-4,6,10,16H,1-2,5,7-9,11-12H2,(H,19,20)/t16-/m0/s1. The van der Waals surface area contributed by atoms with Gasteiger partial charge in [-0.05, 0) is 57.2 Å². The molecule has 4 nitrogen and oxygen atoms in total. The third-order valence-corrected chi connectivity index (χ3v) is 4.74. The summed E-state index contributed by atoms with van der Waals surface area (Å²) >= 11 is 0. The summed E-state index contributed by atoms with van der Waals surface area (Å²) in [4.78, 5) is 15.5. The highest BCUT2D eigenvalue weighted by Gasteiger charge is 2.29. The van der Waals surface area contributed by atoms with Crippen molar-refractivity contribution in [2.75, 3.05) is 6.54 Å². The molecule has 1 atom stereocenters. The second-order valence-corrected chi connectivity index (χ2v) is 6.20. The minimum absolute atomic E-state index is 0.442. The number of likely N-dealkylation sites (tertiary alicyclic amines) is 1. The Bertz CT molecular complexity index is 581. The van der Waals surface area contributed by atoms with Gasteiger partial charge in [0.1, 0.15) is 5.82 Å². The molecule has 1 saturated heterocycles. The molecular weight excluding hydrogens is 260 g/mol. The molecule has 0 bridgehead atoms. The first-order valence-electron chi connectivity index (χ1n) is 8.12. The van der Waals surface area contributed by atoms with E-state index < -0.39 is 0 Å². The van der Waals surface area contributed by atoms with Gasteiger partial charge in [-0.25, -0.2) is 4.98 Å². The fourth-order valence-electron chi connectivity index (χ4n) is 3.66. The second-order valence-electron chi connectivity index (χ2n) is 6.20. The van der Waals surface area contributed by atoms with Crippen LogP contribution in [0.25, 0.3) is 0 Å². The van der Waals surface area contributed by atoms with Crippen LogP contribution < -0.4 is 0 Å². The van der Waals surface area contributed by atoms with Crippen molar-refractivity contribution >= 4 is 0 Å². The summed E-state index contributed by atoms with van der Waals surface area (Å²) in [5.74, 6) is 1.19. The molecule has 1 fully saturated rings. The molecule has 3 heterocycles. The Morgan fingerprint density at radius 2 is 2.14 bits per heavy atom. The van der Waals surface area contributed by atoms with Crippen LogP contribution in [0.15, 0.2) is 24.4 Å². The molecule has 4 heteroatoms. The van der Waals surface area contributed by atoms with E-state index in [1.165, 1.54) is 49.3 Å².